The highest BCUT2D eigenvalue weighted by molar-refractivity contribution is 9.11. The van der Waals surface area contributed by atoms with E-state index in [1.165, 1.54) is 13.3 Å². The molecule has 4 rings (SSSR count). The van der Waals surface area contributed by atoms with E-state index in [4.69, 9.17) is 42.1 Å². The summed E-state index contributed by atoms with van der Waals surface area (Å²) in [6.07, 6.45) is 0.304. The number of hydrazone groups is 1. The standard InChI is InChI=1S/C31H30Br2Cl2N4O7/c1-4-44-25-10-17(28-27(30(41)43-3)16(2)37-31(42)38-28)6-8-24(25)45-15-26(40)39-36-13-19-9-20(32)11-22(33)29(19)46-14-18-5-7-21(34)12-23(18)35/h5-13,26,28,39-40H,4,14-15H2,1-3H3,(H2,37,38,42)/b36-13+/t26-,28-/m0/s1. The second-order valence-electron chi connectivity index (χ2n) is 9.75. The number of benzene rings is 3. The number of urea groups is 1. The van der Waals surface area contributed by atoms with Crippen LogP contribution < -0.4 is 30.3 Å². The largest absolute Gasteiger partial charge is 0.490 e. The summed E-state index contributed by atoms with van der Waals surface area (Å²) in [5.74, 6) is 0.621. The highest BCUT2D eigenvalue weighted by atomic mass is 79.9. The molecule has 0 unspecified atom stereocenters. The van der Waals surface area contributed by atoms with E-state index in [2.05, 4.69) is 53.0 Å². The lowest BCUT2D eigenvalue weighted by molar-refractivity contribution is -0.136. The van der Waals surface area contributed by atoms with Gasteiger partial charge in [-0.2, -0.15) is 5.10 Å². The molecule has 2 amide bonds. The van der Waals surface area contributed by atoms with Crippen LogP contribution in [0.15, 0.2) is 73.8 Å². The van der Waals surface area contributed by atoms with Gasteiger partial charge in [0, 0.05) is 31.3 Å². The van der Waals surface area contributed by atoms with Gasteiger partial charge in [0.25, 0.3) is 0 Å². The minimum atomic E-state index is -1.20. The lowest BCUT2D eigenvalue weighted by atomic mass is 9.95. The maximum absolute atomic E-state index is 12.5. The Balaban J connectivity index is 1.43. The fraction of sp³-hybridized carbons (Fsp3) is 0.258. The lowest BCUT2D eigenvalue weighted by Gasteiger charge is -2.28. The number of hydrogen-bond acceptors (Lipinski definition) is 9. The van der Waals surface area contributed by atoms with E-state index < -0.39 is 24.3 Å². The molecule has 0 spiro atoms. The summed E-state index contributed by atoms with van der Waals surface area (Å²) in [5.41, 5.74) is 5.22. The Morgan fingerprint density at radius 3 is 2.61 bits per heavy atom. The van der Waals surface area contributed by atoms with Gasteiger partial charge < -0.3 is 34.7 Å². The SMILES string of the molecule is CCOc1cc([C@@H]2NC(=O)NC(C)=C2C(=O)OC)ccc1OC[C@H](O)N/N=C/c1cc(Br)cc(Br)c1OCc1ccc(Cl)cc1Cl. The predicted octanol–water partition coefficient (Wildman–Crippen LogP) is 6.62. The first kappa shape index (κ1) is 35.4. The quantitative estimate of drug-likeness (QED) is 0.0656. The maximum atomic E-state index is 12.5. The normalized spacial score (nSPS) is 15.2. The Kier molecular flexibility index (Phi) is 12.6. The van der Waals surface area contributed by atoms with E-state index in [0.29, 0.717) is 55.2 Å². The van der Waals surface area contributed by atoms with Crippen LogP contribution in [0.5, 0.6) is 17.2 Å². The average molecular weight is 801 g/mol. The number of hydrogen-bond donors (Lipinski definition) is 4. The molecule has 11 nitrogen and oxygen atoms in total. The van der Waals surface area contributed by atoms with Crippen LogP contribution >= 0.6 is 55.1 Å². The van der Waals surface area contributed by atoms with Gasteiger partial charge in [0.1, 0.15) is 19.0 Å². The summed E-state index contributed by atoms with van der Waals surface area (Å²) in [4.78, 5) is 24.7. The number of esters is 1. The Hall–Kier alpha value is -3.49. The summed E-state index contributed by atoms with van der Waals surface area (Å²) >= 11 is 19.3. The maximum Gasteiger partial charge on any atom is 0.337 e. The molecule has 1 aliphatic rings. The molecule has 0 saturated carbocycles. The van der Waals surface area contributed by atoms with Gasteiger partial charge in [-0.1, -0.05) is 51.3 Å². The molecule has 0 aliphatic carbocycles. The molecule has 0 aromatic heterocycles. The van der Waals surface area contributed by atoms with Gasteiger partial charge in [0.15, 0.2) is 17.7 Å². The zero-order valence-corrected chi connectivity index (χ0v) is 29.5. The summed E-state index contributed by atoms with van der Waals surface area (Å²) in [7, 11) is 1.27. The van der Waals surface area contributed by atoms with Gasteiger partial charge in [-0.3, -0.25) is 5.43 Å². The Morgan fingerprint density at radius 1 is 1.11 bits per heavy atom. The summed E-state index contributed by atoms with van der Waals surface area (Å²) in [6.45, 7) is 3.75. The number of carbonyl (C=O) groups excluding carboxylic acids is 2. The van der Waals surface area contributed by atoms with Gasteiger partial charge in [-0.05, 0) is 71.7 Å². The second-order valence-corrected chi connectivity index (χ2v) is 12.4. The van der Waals surface area contributed by atoms with Crippen molar-refractivity contribution in [3.8, 4) is 17.2 Å². The van der Waals surface area contributed by atoms with Crippen molar-refractivity contribution >= 4 is 73.3 Å². The molecule has 0 bridgehead atoms. The zero-order chi connectivity index (χ0) is 33.4. The van der Waals surface area contributed by atoms with Crippen molar-refractivity contribution in [3.63, 3.8) is 0 Å². The van der Waals surface area contributed by atoms with Gasteiger partial charge in [0.2, 0.25) is 0 Å². The van der Waals surface area contributed by atoms with Crippen LogP contribution in [0, 0.1) is 0 Å². The van der Waals surface area contributed by atoms with Crippen molar-refractivity contribution in [1.82, 2.24) is 16.1 Å². The number of ether oxygens (including phenoxy) is 4. The molecule has 3 aromatic rings. The summed E-state index contributed by atoms with van der Waals surface area (Å²) < 4.78 is 24.0. The summed E-state index contributed by atoms with van der Waals surface area (Å²) in [6, 6.07) is 12.6. The number of nitrogens with one attached hydrogen (secondary N) is 3. The number of aliphatic hydroxyl groups is 1. The third kappa shape index (κ3) is 9.07. The van der Waals surface area contributed by atoms with Crippen molar-refractivity contribution in [3.05, 3.63) is 95.5 Å². The van der Waals surface area contributed by atoms with Crippen LogP contribution in [0.1, 0.15) is 36.6 Å². The van der Waals surface area contributed by atoms with Crippen LogP contribution in [0.2, 0.25) is 10.0 Å². The van der Waals surface area contributed by atoms with E-state index in [-0.39, 0.29) is 18.8 Å². The molecule has 0 saturated heterocycles. The van der Waals surface area contributed by atoms with Crippen molar-refractivity contribution in [2.24, 2.45) is 5.10 Å². The number of rotatable bonds is 13. The number of aliphatic hydroxyl groups excluding tert-OH is 1. The monoisotopic (exact) mass is 798 g/mol. The lowest BCUT2D eigenvalue weighted by Crippen LogP contribution is -2.45. The zero-order valence-electron chi connectivity index (χ0n) is 24.8. The summed E-state index contributed by atoms with van der Waals surface area (Å²) in [5, 5.41) is 21.1. The first-order chi connectivity index (χ1) is 22.0. The van der Waals surface area contributed by atoms with E-state index in [1.54, 1.807) is 56.3 Å². The molecular formula is C31H30Br2Cl2N4O7. The van der Waals surface area contributed by atoms with Crippen molar-refractivity contribution < 1.29 is 33.6 Å². The van der Waals surface area contributed by atoms with Crippen LogP contribution in [0.3, 0.4) is 0 Å². The average Bonchev–Trinajstić information content (AvgIpc) is 3.00. The molecule has 2 atom stereocenters. The molecule has 1 heterocycles. The Labute approximate surface area is 292 Å². The fourth-order valence-corrected chi connectivity index (χ4v) is 6.27. The third-order valence-electron chi connectivity index (χ3n) is 6.52. The van der Waals surface area contributed by atoms with Crippen LogP contribution in [-0.4, -0.2) is 49.9 Å². The fourth-order valence-electron chi connectivity index (χ4n) is 4.43. The minimum absolute atomic E-state index is 0.186. The molecule has 15 heteroatoms. The third-order valence-corrected chi connectivity index (χ3v) is 8.16. The van der Waals surface area contributed by atoms with Crippen molar-refractivity contribution in [2.75, 3.05) is 20.3 Å². The molecule has 4 N–H and O–H groups in total. The van der Waals surface area contributed by atoms with Crippen molar-refractivity contribution in [2.45, 2.75) is 32.7 Å². The number of amides is 2. The van der Waals surface area contributed by atoms with Gasteiger partial charge in [0.05, 0.1) is 36.0 Å². The molecule has 0 radical (unpaired) electrons. The number of carbonyl (C=O) groups is 2. The Morgan fingerprint density at radius 2 is 1.89 bits per heavy atom. The molecule has 46 heavy (non-hydrogen) atoms. The van der Waals surface area contributed by atoms with Crippen LogP contribution in [0.4, 0.5) is 4.79 Å². The topological polar surface area (TPSA) is 140 Å². The van der Waals surface area contributed by atoms with Gasteiger partial charge in [-0.15, -0.1) is 0 Å². The molecular weight excluding hydrogens is 771 g/mol. The van der Waals surface area contributed by atoms with Crippen LogP contribution in [0.25, 0.3) is 0 Å². The van der Waals surface area contributed by atoms with Gasteiger partial charge in [-0.25, -0.2) is 9.59 Å². The van der Waals surface area contributed by atoms with E-state index >= 15 is 0 Å². The number of allylic oxidation sites excluding steroid dienone is 1. The van der Waals surface area contributed by atoms with Crippen molar-refractivity contribution in [1.29, 1.82) is 0 Å². The second kappa shape index (κ2) is 16.4. The van der Waals surface area contributed by atoms with Crippen LogP contribution in [-0.2, 0) is 16.1 Å². The number of methoxy groups -OCH3 is 1. The molecule has 0 fully saturated rings. The smallest absolute Gasteiger partial charge is 0.337 e. The van der Waals surface area contributed by atoms with E-state index in [1.807, 2.05) is 6.07 Å². The van der Waals surface area contributed by atoms with E-state index in [9.17, 15) is 14.7 Å². The first-order valence-corrected chi connectivity index (χ1v) is 16.1. The minimum Gasteiger partial charge on any atom is -0.490 e. The molecule has 3 aromatic carbocycles. The predicted molar refractivity (Wildman–Crippen MR) is 182 cm³/mol. The first-order valence-electron chi connectivity index (χ1n) is 13.8. The number of halogens is 4. The van der Waals surface area contributed by atoms with Gasteiger partial charge >= 0.3 is 12.0 Å². The number of nitrogens with zero attached hydrogens (tertiary/aromatic N) is 1. The highest BCUT2D eigenvalue weighted by Crippen LogP contribution is 2.36. The highest BCUT2D eigenvalue weighted by Gasteiger charge is 2.32. The molecule has 244 valence electrons. The molecule has 1 aliphatic heterocycles. The Bertz CT molecular complexity index is 1670. The van der Waals surface area contributed by atoms with E-state index in [0.717, 1.165) is 10.0 Å².